The van der Waals surface area contributed by atoms with Gasteiger partial charge in [0.2, 0.25) is 0 Å². The fourth-order valence-corrected chi connectivity index (χ4v) is 2.35. The van der Waals surface area contributed by atoms with Gasteiger partial charge in [-0.05, 0) is 49.1 Å². The molecule has 1 heterocycles. The second kappa shape index (κ2) is 10.2. The van der Waals surface area contributed by atoms with Gasteiger partial charge >= 0.3 is 0 Å². The van der Waals surface area contributed by atoms with Gasteiger partial charge in [-0.2, -0.15) is 5.26 Å². The summed E-state index contributed by atoms with van der Waals surface area (Å²) in [4.78, 5) is 2.38. The molecule has 1 aliphatic rings. The summed E-state index contributed by atoms with van der Waals surface area (Å²) in [5.74, 6) is 0.747. The summed E-state index contributed by atoms with van der Waals surface area (Å²) in [6.07, 6.45) is 6.43. The van der Waals surface area contributed by atoms with Crippen molar-refractivity contribution in [2.24, 2.45) is 5.41 Å². The lowest BCUT2D eigenvalue weighted by molar-refractivity contribution is 0.130. The molecule has 0 amide bonds. The van der Waals surface area contributed by atoms with Crippen LogP contribution in [-0.2, 0) is 4.74 Å². The number of likely N-dealkylation sites (tertiary alicyclic amines) is 1. The van der Waals surface area contributed by atoms with Gasteiger partial charge in [-0.1, -0.05) is 33.9 Å². The van der Waals surface area contributed by atoms with Crippen molar-refractivity contribution in [1.82, 2.24) is 4.90 Å². The first kappa shape index (κ1) is 19.5. The van der Waals surface area contributed by atoms with E-state index in [-0.39, 0.29) is 5.41 Å². The Morgan fingerprint density at radius 2 is 1.95 bits per heavy atom. The van der Waals surface area contributed by atoms with Gasteiger partial charge < -0.3 is 4.74 Å². The van der Waals surface area contributed by atoms with Crippen LogP contribution in [0.15, 0.2) is 36.6 Å². The molecule has 1 saturated heterocycles. The van der Waals surface area contributed by atoms with E-state index in [0.717, 1.165) is 43.8 Å². The van der Waals surface area contributed by atoms with Gasteiger partial charge in [-0.3, -0.25) is 4.90 Å². The number of rotatable bonds is 6. The Labute approximate surface area is 130 Å². The lowest BCUT2D eigenvalue weighted by Crippen LogP contribution is -2.39. The number of nitrogens with zero attached hydrogens (tertiary/aromatic N) is 2. The topological polar surface area (TPSA) is 36.3 Å². The third-order valence-electron chi connectivity index (χ3n) is 3.78. The van der Waals surface area contributed by atoms with Crippen LogP contribution in [0.2, 0.25) is 0 Å². The summed E-state index contributed by atoms with van der Waals surface area (Å²) >= 11 is 0. The Morgan fingerprint density at radius 3 is 2.38 bits per heavy atom. The molecule has 0 aromatic carbocycles. The molecule has 0 aliphatic carbocycles. The lowest BCUT2D eigenvalue weighted by atomic mass is 9.78. The highest BCUT2D eigenvalue weighted by Crippen LogP contribution is 2.34. The van der Waals surface area contributed by atoms with E-state index in [4.69, 9.17) is 10.00 Å². The number of piperidine rings is 1. The molecule has 0 aromatic rings. The van der Waals surface area contributed by atoms with Crippen LogP contribution in [0.25, 0.3) is 0 Å². The maximum atomic E-state index is 8.84. The molecule has 118 valence electrons. The van der Waals surface area contributed by atoms with E-state index in [1.165, 1.54) is 0 Å². The van der Waals surface area contributed by atoms with Crippen LogP contribution in [0.4, 0.5) is 0 Å². The zero-order valence-corrected chi connectivity index (χ0v) is 14.1. The van der Waals surface area contributed by atoms with E-state index in [0.29, 0.717) is 6.42 Å². The summed E-state index contributed by atoms with van der Waals surface area (Å²) in [6, 6.07) is 2.30. The molecule has 0 bridgehead atoms. The highest BCUT2D eigenvalue weighted by molar-refractivity contribution is 5.24. The second-order valence-corrected chi connectivity index (χ2v) is 5.53. The zero-order chi connectivity index (χ0) is 16.3. The van der Waals surface area contributed by atoms with Gasteiger partial charge in [0, 0.05) is 13.0 Å². The van der Waals surface area contributed by atoms with Crippen LogP contribution in [0.3, 0.4) is 0 Å². The van der Waals surface area contributed by atoms with Crippen molar-refractivity contribution in [1.29, 1.82) is 5.26 Å². The average Bonchev–Trinajstić information content (AvgIpc) is 2.49. The van der Waals surface area contributed by atoms with Crippen LogP contribution in [-0.4, -0.2) is 31.6 Å². The first-order chi connectivity index (χ1) is 10.0. The molecule has 0 aromatic heterocycles. The smallest absolute Gasteiger partial charge is 0.118 e. The molecule has 0 N–H and O–H groups in total. The van der Waals surface area contributed by atoms with Gasteiger partial charge in [0.25, 0.3) is 0 Å². The summed E-state index contributed by atoms with van der Waals surface area (Å²) in [5, 5.41) is 8.84. The average molecular weight is 290 g/mol. The van der Waals surface area contributed by atoms with E-state index >= 15 is 0 Å². The van der Waals surface area contributed by atoms with Crippen LogP contribution >= 0.6 is 0 Å². The SMILES string of the molecule is C=C/C(=C\C(=C)CN1CCC(C)(CC#N)CC1)OC.CC. The van der Waals surface area contributed by atoms with Gasteiger partial charge in [0.1, 0.15) is 5.76 Å². The summed E-state index contributed by atoms with van der Waals surface area (Å²) in [5.41, 5.74) is 1.22. The van der Waals surface area contributed by atoms with Crippen molar-refractivity contribution >= 4 is 0 Å². The number of ether oxygens (including phenoxy) is 1. The van der Waals surface area contributed by atoms with Crippen molar-refractivity contribution in [2.45, 2.75) is 40.0 Å². The molecule has 3 heteroatoms. The normalized spacial score (nSPS) is 18.0. The molecule has 0 radical (unpaired) electrons. The minimum Gasteiger partial charge on any atom is -0.497 e. The molecular weight excluding hydrogens is 260 g/mol. The maximum Gasteiger partial charge on any atom is 0.118 e. The summed E-state index contributed by atoms with van der Waals surface area (Å²) in [6.45, 7) is 16.9. The predicted octanol–water partition coefficient (Wildman–Crippen LogP) is 4.30. The van der Waals surface area contributed by atoms with Crippen molar-refractivity contribution in [3.8, 4) is 6.07 Å². The Morgan fingerprint density at radius 1 is 1.38 bits per heavy atom. The van der Waals surface area contributed by atoms with E-state index in [2.05, 4.69) is 31.1 Å². The van der Waals surface area contributed by atoms with Crippen LogP contribution in [0, 0.1) is 16.7 Å². The molecule has 21 heavy (non-hydrogen) atoms. The van der Waals surface area contributed by atoms with Gasteiger partial charge in [0.15, 0.2) is 0 Å². The molecular formula is C18H30N2O. The fourth-order valence-electron chi connectivity index (χ4n) is 2.35. The number of hydrogen-bond donors (Lipinski definition) is 0. The Bertz CT molecular complexity index is 396. The minimum atomic E-state index is 0.196. The number of nitriles is 1. The van der Waals surface area contributed by atoms with E-state index < -0.39 is 0 Å². The molecule has 3 nitrogen and oxygen atoms in total. The largest absolute Gasteiger partial charge is 0.497 e. The number of hydrogen-bond acceptors (Lipinski definition) is 3. The highest BCUT2D eigenvalue weighted by Gasteiger charge is 2.29. The van der Waals surface area contributed by atoms with Crippen molar-refractivity contribution < 1.29 is 4.74 Å². The Hall–Kier alpha value is -1.53. The lowest BCUT2D eigenvalue weighted by Gasteiger charge is -2.38. The molecule has 1 fully saturated rings. The summed E-state index contributed by atoms with van der Waals surface area (Å²) < 4.78 is 5.15. The van der Waals surface area contributed by atoms with Crippen LogP contribution in [0.5, 0.6) is 0 Å². The third-order valence-corrected chi connectivity index (χ3v) is 3.78. The summed E-state index contributed by atoms with van der Waals surface area (Å²) in [7, 11) is 1.63. The standard InChI is InChI=1S/C16H24N2O.C2H6/c1-5-15(19-4)12-14(2)13-18-10-7-16(3,6-9-17)8-11-18;1-2/h5,12H,1-2,6-8,10-11,13H2,3-4H3;1-2H3/b15-12+;. The highest BCUT2D eigenvalue weighted by atomic mass is 16.5. The molecule has 0 atom stereocenters. The quantitative estimate of drug-likeness (QED) is 0.540. The molecule has 0 unspecified atom stereocenters. The maximum absolute atomic E-state index is 8.84. The second-order valence-electron chi connectivity index (χ2n) is 5.53. The number of allylic oxidation sites excluding steroid dienone is 1. The number of methoxy groups -OCH3 is 1. The van der Waals surface area contributed by atoms with Gasteiger partial charge in [-0.25, -0.2) is 0 Å². The minimum absolute atomic E-state index is 0.196. The zero-order valence-electron chi connectivity index (χ0n) is 14.1. The van der Waals surface area contributed by atoms with Crippen molar-refractivity contribution in [3.05, 3.63) is 36.6 Å². The van der Waals surface area contributed by atoms with Gasteiger partial charge in [0.05, 0.1) is 13.2 Å². The molecule has 1 rings (SSSR count). The Kier molecular flexibility index (Phi) is 9.49. The van der Waals surface area contributed by atoms with Crippen molar-refractivity contribution in [2.75, 3.05) is 26.7 Å². The van der Waals surface area contributed by atoms with Crippen molar-refractivity contribution in [3.63, 3.8) is 0 Å². The first-order valence-corrected chi connectivity index (χ1v) is 7.68. The predicted molar refractivity (Wildman–Crippen MR) is 89.8 cm³/mol. The molecule has 0 spiro atoms. The Balaban J connectivity index is 0.00000191. The fraction of sp³-hybridized carbons (Fsp3) is 0.611. The van der Waals surface area contributed by atoms with Gasteiger partial charge in [-0.15, -0.1) is 0 Å². The third kappa shape index (κ3) is 7.15. The van der Waals surface area contributed by atoms with E-state index in [1.54, 1.807) is 13.2 Å². The van der Waals surface area contributed by atoms with E-state index in [1.807, 2.05) is 19.9 Å². The molecule has 0 saturated carbocycles. The van der Waals surface area contributed by atoms with Crippen LogP contribution in [0.1, 0.15) is 40.0 Å². The monoisotopic (exact) mass is 290 g/mol. The van der Waals surface area contributed by atoms with Crippen LogP contribution < -0.4 is 0 Å². The first-order valence-electron chi connectivity index (χ1n) is 7.68. The van der Waals surface area contributed by atoms with E-state index in [9.17, 15) is 0 Å². The molecule has 1 aliphatic heterocycles.